The minimum Gasteiger partial charge on any atom is -0.376 e. The lowest BCUT2D eigenvalue weighted by Crippen LogP contribution is -2.31. The molecule has 0 unspecified atom stereocenters. The van der Waals surface area contributed by atoms with E-state index in [0.29, 0.717) is 6.54 Å². The van der Waals surface area contributed by atoms with E-state index in [4.69, 9.17) is 4.74 Å². The van der Waals surface area contributed by atoms with Gasteiger partial charge in [-0.25, -0.2) is 4.39 Å². The predicted octanol–water partition coefficient (Wildman–Crippen LogP) is 1.13. The number of hydrogen-bond acceptors (Lipinski definition) is 3. The second-order valence-corrected chi connectivity index (χ2v) is 3.74. The molecule has 0 bridgehead atoms. The summed E-state index contributed by atoms with van der Waals surface area (Å²) in [6.07, 6.45) is 4.49. The molecule has 16 heavy (non-hydrogen) atoms. The zero-order valence-corrected chi connectivity index (χ0v) is 8.78. The van der Waals surface area contributed by atoms with Crippen molar-refractivity contribution in [2.24, 2.45) is 0 Å². The SMILES string of the molecule is O=C(NC[C@@H]1CCCO1)c1cncc(F)c1. The molecule has 5 heteroatoms. The maximum atomic E-state index is 12.8. The van der Waals surface area contributed by atoms with E-state index in [1.807, 2.05) is 0 Å². The molecule has 0 aromatic carbocycles. The highest BCUT2D eigenvalue weighted by Crippen LogP contribution is 2.10. The van der Waals surface area contributed by atoms with Crippen molar-refractivity contribution < 1.29 is 13.9 Å². The summed E-state index contributed by atoms with van der Waals surface area (Å²) in [4.78, 5) is 15.2. The highest BCUT2D eigenvalue weighted by molar-refractivity contribution is 5.93. The maximum Gasteiger partial charge on any atom is 0.253 e. The van der Waals surface area contributed by atoms with Gasteiger partial charge in [0.15, 0.2) is 0 Å². The molecule has 1 saturated heterocycles. The Labute approximate surface area is 92.8 Å². The summed E-state index contributed by atoms with van der Waals surface area (Å²) >= 11 is 0. The van der Waals surface area contributed by atoms with E-state index in [0.717, 1.165) is 31.7 Å². The van der Waals surface area contributed by atoms with Gasteiger partial charge in [-0.3, -0.25) is 9.78 Å². The van der Waals surface area contributed by atoms with Gasteiger partial charge in [-0.05, 0) is 18.9 Å². The monoisotopic (exact) mass is 224 g/mol. The summed E-state index contributed by atoms with van der Waals surface area (Å²) in [7, 11) is 0. The Morgan fingerprint density at radius 3 is 3.19 bits per heavy atom. The van der Waals surface area contributed by atoms with Crippen molar-refractivity contribution >= 4 is 5.91 Å². The van der Waals surface area contributed by atoms with Crippen LogP contribution in [-0.4, -0.2) is 30.1 Å². The van der Waals surface area contributed by atoms with Crippen molar-refractivity contribution in [3.63, 3.8) is 0 Å². The number of carbonyl (C=O) groups is 1. The Bertz CT molecular complexity index is 378. The zero-order chi connectivity index (χ0) is 11.4. The zero-order valence-electron chi connectivity index (χ0n) is 8.78. The molecule has 4 nitrogen and oxygen atoms in total. The smallest absolute Gasteiger partial charge is 0.253 e. The van der Waals surface area contributed by atoms with E-state index in [9.17, 15) is 9.18 Å². The molecule has 2 rings (SSSR count). The molecule has 0 radical (unpaired) electrons. The van der Waals surface area contributed by atoms with Gasteiger partial charge in [-0.15, -0.1) is 0 Å². The second kappa shape index (κ2) is 5.03. The Morgan fingerprint density at radius 1 is 1.62 bits per heavy atom. The highest BCUT2D eigenvalue weighted by atomic mass is 19.1. The first-order chi connectivity index (χ1) is 7.75. The summed E-state index contributed by atoms with van der Waals surface area (Å²) in [5.74, 6) is -0.827. The van der Waals surface area contributed by atoms with E-state index in [2.05, 4.69) is 10.3 Å². The van der Waals surface area contributed by atoms with Gasteiger partial charge in [0.05, 0.1) is 17.9 Å². The van der Waals surface area contributed by atoms with Crippen molar-refractivity contribution in [1.82, 2.24) is 10.3 Å². The molecule has 1 aliphatic rings. The number of carbonyl (C=O) groups excluding carboxylic acids is 1. The first-order valence-electron chi connectivity index (χ1n) is 5.26. The number of hydrogen-bond donors (Lipinski definition) is 1. The van der Waals surface area contributed by atoms with Crippen LogP contribution in [0.3, 0.4) is 0 Å². The van der Waals surface area contributed by atoms with Gasteiger partial charge >= 0.3 is 0 Å². The largest absolute Gasteiger partial charge is 0.376 e. The molecule has 1 fully saturated rings. The minimum absolute atomic E-state index is 0.0884. The number of nitrogens with zero attached hydrogens (tertiary/aromatic N) is 1. The highest BCUT2D eigenvalue weighted by Gasteiger charge is 2.16. The lowest BCUT2D eigenvalue weighted by molar-refractivity contribution is 0.0857. The van der Waals surface area contributed by atoms with Crippen LogP contribution in [0.2, 0.25) is 0 Å². The Balaban J connectivity index is 1.87. The van der Waals surface area contributed by atoms with Crippen LogP contribution < -0.4 is 5.32 Å². The van der Waals surface area contributed by atoms with Gasteiger partial charge in [0.2, 0.25) is 0 Å². The third kappa shape index (κ3) is 2.76. The summed E-state index contributed by atoms with van der Waals surface area (Å²) in [5.41, 5.74) is 0.234. The molecule has 2 heterocycles. The predicted molar refractivity (Wildman–Crippen MR) is 55.5 cm³/mol. The quantitative estimate of drug-likeness (QED) is 0.837. The molecule has 0 saturated carbocycles. The fraction of sp³-hybridized carbons (Fsp3) is 0.455. The van der Waals surface area contributed by atoms with Crippen molar-refractivity contribution in [2.45, 2.75) is 18.9 Å². The summed E-state index contributed by atoms with van der Waals surface area (Å²) in [5, 5.41) is 2.70. The van der Waals surface area contributed by atoms with Crippen molar-refractivity contribution in [3.05, 3.63) is 29.8 Å². The van der Waals surface area contributed by atoms with Gasteiger partial charge in [0.1, 0.15) is 5.82 Å². The molecular formula is C11H13FN2O2. The average molecular weight is 224 g/mol. The topological polar surface area (TPSA) is 51.2 Å². The van der Waals surface area contributed by atoms with Crippen LogP contribution in [0.4, 0.5) is 4.39 Å². The molecule has 1 aliphatic heterocycles. The molecule has 1 N–H and O–H groups in total. The van der Waals surface area contributed by atoms with E-state index < -0.39 is 5.82 Å². The van der Waals surface area contributed by atoms with Gasteiger partial charge in [0, 0.05) is 19.3 Å². The lowest BCUT2D eigenvalue weighted by atomic mass is 10.2. The van der Waals surface area contributed by atoms with Crippen LogP contribution >= 0.6 is 0 Å². The average Bonchev–Trinajstić information content (AvgIpc) is 2.78. The Hall–Kier alpha value is -1.49. The Kier molecular flexibility index (Phi) is 3.46. The van der Waals surface area contributed by atoms with E-state index in [1.165, 1.54) is 6.20 Å². The van der Waals surface area contributed by atoms with Crippen LogP contribution in [0.25, 0.3) is 0 Å². The van der Waals surface area contributed by atoms with Crippen LogP contribution in [0, 0.1) is 5.82 Å². The van der Waals surface area contributed by atoms with Crippen LogP contribution in [0.5, 0.6) is 0 Å². The maximum absolute atomic E-state index is 12.8. The van der Waals surface area contributed by atoms with Crippen LogP contribution in [0.15, 0.2) is 18.5 Å². The molecule has 0 aliphatic carbocycles. The molecule has 86 valence electrons. The van der Waals surface area contributed by atoms with Crippen molar-refractivity contribution in [1.29, 1.82) is 0 Å². The van der Waals surface area contributed by atoms with Gasteiger partial charge in [-0.2, -0.15) is 0 Å². The van der Waals surface area contributed by atoms with Crippen molar-refractivity contribution in [3.8, 4) is 0 Å². The first-order valence-corrected chi connectivity index (χ1v) is 5.26. The third-order valence-corrected chi connectivity index (χ3v) is 2.48. The van der Waals surface area contributed by atoms with Gasteiger partial charge < -0.3 is 10.1 Å². The lowest BCUT2D eigenvalue weighted by Gasteiger charge is -2.10. The number of ether oxygens (including phenoxy) is 1. The molecule has 1 amide bonds. The molecular weight excluding hydrogens is 211 g/mol. The van der Waals surface area contributed by atoms with Gasteiger partial charge in [0.25, 0.3) is 5.91 Å². The minimum atomic E-state index is -0.509. The number of nitrogens with one attached hydrogen (secondary N) is 1. The number of amides is 1. The second-order valence-electron chi connectivity index (χ2n) is 3.74. The van der Waals surface area contributed by atoms with Crippen LogP contribution in [0.1, 0.15) is 23.2 Å². The fourth-order valence-corrected chi connectivity index (χ4v) is 1.65. The molecule has 1 aromatic heterocycles. The molecule has 1 aromatic rings. The number of aromatic nitrogens is 1. The summed E-state index contributed by atoms with van der Waals surface area (Å²) in [6, 6.07) is 1.16. The van der Waals surface area contributed by atoms with Crippen molar-refractivity contribution in [2.75, 3.05) is 13.2 Å². The first kappa shape index (κ1) is 11.0. The normalized spacial score (nSPS) is 19.7. The number of pyridine rings is 1. The van der Waals surface area contributed by atoms with E-state index >= 15 is 0 Å². The number of rotatable bonds is 3. The number of halogens is 1. The van der Waals surface area contributed by atoms with Crippen LogP contribution in [-0.2, 0) is 4.74 Å². The standard InChI is InChI=1S/C11H13FN2O2/c12-9-4-8(5-13-6-9)11(15)14-7-10-2-1-3-16-10/h4-6,10H,1-3,7H2,(H,14,15)/t10-/m0/s1. The molecule has 0 spiro atoms. The Morgan fingerprint density at radius 2 is 2.50 bits per heavy atom. The summed E-state index contributed by atoms with van der Waals surface area (Å²) in [6.45, 7) is 1.22. The van der Waals surface area contributed by atoms with E-state index in [1.54, 1.807) is 0 Å². The van der Waals surface area contributed by atoms with E-state index in [-0.39, 0.29) is 17.6 Å². The third-order valence-electron chi connectivity index (χ3n) is 2.48. The summed E-state index contributed by atoms with van der Waals surface area (Å²) < 4.78 is 18.2. The molecule has 1 atom stereocenters. The fourth-order valence-electron chi connectivity index (χ4n) is 1.65. The van der Waals surface area contributed by atoms with Gasteiger partial charge in [-0.1, -0.05) is 0 Å².